The molecule has 0 aromatic heterocycles. The van der Waals surface area contributed by atoms with E-state index in [4.69, 9.17) is 19.2 Å². The molecule has 182 valence electrons. The number of ether oxygens (including phenoxy) is 3. The molecule has 1 aromatic carbocycles. The minimum atomic E-state index is 0. The fourth-order valence-corrected chi connectivity index (χ4v) is 4.88. The Labute approximate surface area is 211 Å². The summed E-state index contributed by atoms with van der Waals surface area (Å²) in [6, 6.07) is 8.60. The van der Waals surface area contributed by atoms with Crippen molar-refractivity contribution < 1.29 is 14.2 Å². The van der Waals surface area contributed by atoms with Crippen LogP contribution in [0.2, 0.25) is 0 Å². The van der Waals surface area contributed by atoms with E-state index in [1.54, 1.807) is 14.2 Å². The number of piperidine rings is 1. The molecule has 0 radical (unpaired) electrons. The summed E-state index contributed by atoms with van der Waals surface area (Å²) < 4.78 is 16.6. The van der Waals surface area contributed by atoms with Crippen LogP contribution < -0.4 is 10.1 Å². The zero-order valence-corrected chi connectivity index (χ0v) is 22.4. The lowest BCUT2D eigenvalue weighted by atomic mass is 9.79. The fourth-order valence-electron chi connectivity index (χ4n) is 4.88. The van der Waals surface area contributed by atoms with Crippen molar-refractivity contribution in [2.45, 2.75) is 63.4 Å². The van der Waals surface area contributed by atoms with Crippen LogP contribution in [0.1, 0.15) is 57.4 Å². The van der Waals surface area contributed by atoms with Crippen LogP contribution in [0.5, 0.6) is 5.75 Å². The van der Waals surface area contributed by atoms with Gasteiger partial charge in [-0.15, -0.1) is 24.0 Å². The maximum absolute atomic E-state index is 6.03. The highest BCUT2D eigenvalue weighted by Crippen LogP contribution is 2.42. The fraction of sp³-hybridized carbons (Fsp3) is 0.720. The van der Waals surface area contributed by atoms with E-state index in [0.29, 0.717) is 6.10 Å². The molecular weight excluding hydrogens is 517 g/mol. The van der Waals surface area contributed by atoms with E-state index >= 15 is 0 Å². The van der Waals surface area contributed by atoms with Crippen molar-refractivity contribution in [3.8, 4) is 5.75 Å². The Morgan fingerprint density at radius 3 is 2.56 bits per heavy atom. The topological polar surface area (TPSA) is 55.3 Å². The molecule has 3 rings (SSSR count). The van der Waals surface area contributed by atoms with Gasteiger partial charge in [0.25, 0.3) is 0 Å². The number of likely N-dealkylation sites (tertiary alicyclic amines) is 1. The second kappa shape index (κ2) is 14.3. The Morgan fingerprint density at radius 1 is 1.16 bits per heavy atom. The number of nitrogens with zero attached hydrogens (tertiary/aromatic N) is 2. The van der Waals surface area contributed by atoms with Crippen LogP contribution in [0.4, 0.5) is 0 Å². The Hall–Kier alpha value is -1.06. The van der Waals surface area contributed by atoms with Crippen molar-refractivity contribution in [3.63, 3.8) is 0 Å². The lowest BCUT2D eigenvalue weighted by Crippen LogP contribution is -2.47. The third-order valence-corrected chi connectivity index (χ3v) is 6.70. The second-order valence-corrected chi connectivity index (χ2v) is 8.79. The molecule has 6 nitrogen and oxygen atoms in total. The first-order valence-electron chi connectivity index (χ1n) is 12.0. The number of rotatable bonds is 10. The minimum absolute atomic E-state index is 0. The van der Waals surface area contributed by atoms with Crippen LogP contribution in [0.25, 0.3) is 0 Å². The molecule has 7 heteroatoms. The van der Waals surface area contributed by atoms with E-state index in [-0.39, 0.29) is 29.4 Å². The molecule has 1 aromatic rings. The molecule has 0 atom stereocenters. The van der Waals surface area contributed by atoms with E-state index in [1.165, 1.54) is 31.2 Å². The van der Waals surface area contributed by atoms with Crippen LogP contribution in [0.3, 0.4) is 0 Å². The summed E-state index contributed by atoms with van der Waals surface area (Å²) in [5.74, 6) is 1.99. The SMILES string of the molecule is CCNC(=NCC1(c2cccc(OC)c2)CCCC1)N1CCC(OCCCOC)CC1.I. The zero-order valence-electron chi connectivity index (χ0n) is 20.1. The molecule has 1 aliphatic heterocycles. The lowest BCUT2D eigenvalue weighted by molar-refractivity contribution is 0.00989. The normalized spacial score (nSPS) is 19.0. The number of aliphatic imine (C=N–C) groups is 1. The van der Waals surface area contributed by atoms with E-state index in [0.717, 1.165) is 70.4 Å². The van der Waals surface area contributed by atoms with Gasteiger partial charge in [-0.1, -0.05) is 25.0 Å². The highest BCUT2D eigenvalue weighted by Gasteiger charge is 2.36. The molecule has 1 heterocycles. The summed E-state index contributed by atoms with van der Waals surface area (Å²) in [7, 11) is 3.48. The number of benzene rings is 1. The molecular formula is C25H42IN3O3. The average molecular weight is 560 g/mol. The van der Waals surface area contributed by atoms with Gasteiger partial charge in [0.15, 0.2) is 5.96 Å². The van der Waals surface area contributed by atoms with Crippen molar-refractivity contribution in [1.29, 1.82) is 0 Å². The van der Waals surface area contributed by atoms with Gasteiger partial charge in [-0.25, -0.2) is 0 Å². The smallest absolute Gasteiger partial charge is 0.193 e. The Kier molecular flexibility index (Phi) is 12.1. The first-order valence-corrected chi connectivity index (χ1v) is 12.0. The predicted molar refractivity (Wildman–Crippen MR) is 142 cm³/mol. The maximum atomic E-state index is 6.03. The van der Waals surface area contributed by atoms with Gasteiger partial charge in [0.05, 0.1) is 19.8 Å². The van der Waals surface area contributed by atoms with Gasteiger partial charge in [-0.3, -0.25) is 4.99 Å². The van der Waals surface area contributed by atoms with Gasteiger partial charge >= 0.3 is 0 Å². The van der Waals surface area contributed by atoms with Crippen molar-refractivity contribution >= 4 is 29.9 Å². The quantitative estimate of drug-likeness (QED) is 0.197. The third-order valence-electron chi connectivity index (χ3n) is 6.70. The molecule has 2 aliphatic rings. The molecule has 0 unspecified atom stereocenters. The van der Waals surface area contributed by atoms with Gasteiger partial charge in [-0.05, 0) is 56.7 Å². The number of hydrogen-bond acceptors (Lipinski definition) is 4. The molecule has 1 saturated carbocycles. The maximum Gasteiger partial charge on any atom is 0.193 e. The molecule has 0 spiro atoms. The molecule has 1 aliphatic carbocycles. The van der Waals surface area contributed by atoms with E-state index in [2.05, 4.69) is 35.3 Å². The number of nitrogens with one attached hydrogen (secondary N) is 1. The number of hydrogen-bond donors (Lipinski definition) is 1. The molecule has 0 amide bonds. The van der Waals surface area contributed by atoms with Crippen LogP contribution in [-0.2, 0) is 14.9 Å². The zero-order chi connectivity index (χ0) is 21.9. The first-order chi connectivity index (χ1) is 15.2. The monoisotopic (exact) mass is 559 g/mol. The van der Waals surface area contributed by atoms with Crippen molar-refractivity contribution in [3.05, 3.63) is 29.8 Å². The summed E-state index contributed by atoms with van der Waals surface area (Å²) in [5.41, 5.74) is 1.49. The van der Waals surface area contributed by atoms with Crippen LogP contribution in [-0.4, -0.2) is 70.6 Å². The molecule has 1 N–H and O–H groups in total. The average Bonchev–Trinajstić information content (AvgIpc) is 3.30. The lowest BCUT2D eigenvalue weighted by Gasteiger charge is -2.35. The summed E-state index contributed by atoms with van der Waals surface area (Å²) >= 11 is 0. The van der Waals surface area contributed by atoms with Gasteiger partial charge in [0.2, 0.25) is 0 Å². The van der Waals surface area contributed by atoms with Crippen molar-refractivity contribution in [2.24, 2.45) is 4.99 Å². The van der Waals surface area contributed by atoms with E-state index in [9.17, 15) is 0 Å². The predicted octanol–water partition coefficient (Wildman–Crippen LogP) is 4.61. The summed E-state index contributed by atoms with van der Waals surface area (Å²) in [5, 5.41) is 3.54. The molecule has 32 heavy (non-hydrogen) atoms. The summed E-state index contributed by atoms with van der Waals surface area (Å²) in [6.07, 6.45) is 8.36. The number of methoxy groups -OCH3 is 2. The van der Waals surface area contributed by atoms with Crippen LogP contribution in [0.15, 0.2) is 29.3 Å². The number of guanidine groups is 1. The molecule has 2 fully saturated rings. The number of halogens is 1. The highest BCUT2D eigenvalue weighted by atomic mass is 127. The Bertz CT molecular complexity index is 687. The van der Waals surface area contributed by atoms with E-state index in [1.807, 2.05) is 6.07 Å². The summed E-state index contributed by atoms with van der Waals surface area (Å²) in [6.45, 7) is 7.41. The van der Waals surface area contributed by atoms with Crippen molar-refractivity contribution in [2.75, 3.05) is 53.6 Å². The largest absolute Gasteiger partial charge is 0.497 e. The first kappa shape index (κ1) is 27.2. The molecule has 0 bridgehead atoms. The van der Waals surface area contributed by atoms with E-state index < -0.39 is 0 Å². The second-order valence-electron chi connectivity index (χ2n) is 8.79. The third kappa shape index (κ3) is 7.48. The highest BCUT2D eigenvalue weighted by molar-refractivity contribution is 14.0. The van der Waals surface area contributed by atoms with Crippen LogP contribution >= 0.6 is 24.0 Å². The van der Waals surface area contributed by atoms with Gasteiger partial charge in [0.1, 0.15) is 5.75 Å². The standard InChI is InChI=1S/C25H41N3O3.HI/c1-4-26-24(28-15-11-22(12-16-28)31-18-8-17-29-2)27-20-25(13-5-6-14-25)21-9-7-10-23(19-21)30-3;/h7,9-10,19,22H,4-6,8,11-18,20H2,1-3H3,(H,26,27);1H. The summed E-state index contributed by atoms with van der Waals surface area (Å²) in [4.78, 5) is 7.58. The minimum Gasteiger partial charge on any atom is -0.497 e. The van der Waals surface area contributed by atoms with Crippen molar-refractivity contribution in [1.82, 2.24) is 10.2 Å². The molecule has 1 saturated heterocycles. The van der Waals surface area contributed by atoms with Gasteiger partial charge < -0.3 is 24.4 Å². The Morgan fingerprint density at radius 2 is 1.91 bits per heavy atom. The van der Waals surface area contributed by atoms with Crippen LogP contribution in [0, 0.1) is 0 Å². The Balaban J connectivity index is 0.00000363. The van der Waals surface area contributed by atoms with Gasteiger partial charge in [0, 0.05) is 45.4 Å². The van der Waals surface area contributed by atoms with Gasteiger partial charge in [-0.2, -0.15) is 0 Å².